The second kappa shape index (κ2) is 6.27. The van der Waals surface area contributed by atoms with Crippen LogP contribution in [-0.4, -0.2) is 30.1 Å². The molecule has 0 spiro atoms. The second-order valence-electron chi connectivity index (χ2n) is 6.64. The van der Waals surface area contributed by atoms with Gasteiger partial charge in [-0.25, -0.2) is 0 Å². The molecule has 0 saturated carbocycles. The van der Waals surface area contributed by atoms with Crippen molar-refractivity contribution in [1.29, 1.82) is 0 Å². The number of hydrogen-bond acceptors (Lipinski definition) is 3. The molecule has 0 aromatic heterocycles. The van der Waals surface area contributed by atoms with E-state index >= 15 is 0 Å². The molecule has 2 aliphatic rings. The van der Waals surface area contributed by atoms with Crippen molar-refractivity contribution in [1.82, 2.24) is 4.90 Å². The summed E-state index contributed by atoms with van der Waals surface area (Å²) in [7, 11) is 0. The summed E-state index contributed by atoms with van der Waals surface area (Å²) in [5.41, 5.74) is 15.6. The Balaban J connectivity index is 1.67. The van der Waals surface area contributed by atoms with Crippen molar-refractivity contribution in [3.8, 4) is 0 Å². The number of allylic oxidation sites excluding steroid dienone is 2. The largest absolute Gasteiger partial charge is 0.399 e. The van der Waals surface area contributed by atoms with Gasteiger partial charge in [0.15, 0.2) is 0 Å². The molecule has 1 fully saturated rings. The Labute approximate surface area is 133 Å². The van der Waals surface area contributed by atoms with Crippen LogP contribution in [-0.2, 0) is 0 Å². The summed E-state index contributed by atoms with van der Waals surface area (Å²) in [6, 6.07) is 8.06. The molecule has 22 heavy (non-hydrogen) atoms. The molecular formula is C19H27N3. The van der Waals surface area contributed by atoms with E-state index in [0.717, 1.165) is 18.7 Å². The van der Waals surface area contributed by atoms with E-state index in [1.54, 1.807) is 0 Å². The van der Waals surface area contributed by atoms with Crippen molar-refractivity contribution in [2.75, 3.05) is 25.4 Å². The molecule has 3 nitrogen and oxygen atoms in total. The van der Waals surface area contributed by atoms with Gasteiger partial charge < -0.3 is 16.4 Å². The van der Waals surface area contributed by atoms with E-state index in [2.05, 4.69) is 42.2 Å². The minimum Gasteiger partial charge on any atom is -0.399 e. The number of rotatable bonds is 3. The second-order valence-corrected chi connectivity index (χ2v) is 6.64. The van der Waals surface area contributed by atoms with Crippen molar-refractivity contribution < 1.29 is 0 Å². The van der Waals surface area contributed by atoms with Gasteiger partial charge in [0.05, 0.1) is 0 Å². The third-order valence-corrected chi connectivity index (χ3v) is 5.29. The lowest BCUT2D eigenvalue weighted by Gasteiger charge is -2.41. The first kappa shape index (κ1) is 15.3. The molecule has 3 heteroatoms. The number of nitrogen functional groups attached to an aromatic ring is 1. The topological polar surface area (TPSA) is 55.3 Å². The smallest absolute Gasteiger partial charge is 0.0407 e. The number of piperidine rings is 1. The van der Waals surface area contributed by atoms with E-state index in [1.165, 1.54) is 37.1 Å². The van der Waals surface area contributed by atoms with Crippen molar-refractivity contribution in [2.45, 2.75) is 31.7 Å². The number of likely N-dealkylation sites (tertiary alicyclic amines) is 1. The average molecular weight is 297 g/mol. The molecule has 1 aromatic carbocycles. The number of nitrogens with zero attached hydrogens (tertiary/aromatic N) is 1. The van der Waals surface area contributed by atoms with Gasteiger partial charge in [-0.2, -0.15) is 0 Å². The highest BCUT2D eigenvalue weighted by atomic mass is 15.1. The standard InChI is InChI=1S/C19H27N3/c1-2-22-13-9-17(10-14-22)19(21)11-7-16(8-12-19)15-3-5-18(20)6-4-15/h3-8,11,17H,2,9-10,12-14,20-21H2,1H3. The van der Waals surface area contributed by atoms with Gasteiger partial charge in [0.1, 0.15) is 0 Å². The first-order valence-corrected chi connectivity index (χ1v) is 8.37. The Hall–Kier alpha value is -1.58. The molecule has 1 aromatic rings. The lowest BCUT2D eigenvalue weighted by Crippen LogP contribution is -2.50. The Kier molecular flexibility index (Phi) is 4.37. The fourth-order valence-electron chi connectivity index (χ4n) is 3.65. The number of nitrogens with two attached hydrogens (primary N) is 2. The van der Waals surface area contributed by atoms with Gasteiger partial charge in [-0.1, -0.05) is 37.3 Å². The Morgan fingerprint density at radius 2 is 1.86 bits per heavy atom. The lowest BCUT2D eigenvalue weighted by molar-refractivity contribution is 0.153. The Morgan fingerprint density at radius 1 is 1.18 bits per heavy atom. The molecule has 0 amide bonds. The monoisotopic (exact) mass is 297 g/mol. The Bertz CT molecular complexity index is 565. The molecule has 0 radical (unpaired) electrons. The zero-order valence-electron chi connectivity index (χ0n) is 13.5. The van der Waals surface area contributed by atoms with E-state index in [4.69, 9.17) is 11.5 Å². The molecule has 1 unspecified atom stereocenters. The molecular weight excluding hydrogens is 270 g/mol. The first-order valence-electron chi connectivity index (χ1n) is 8.37. The highest BCUT2D eigenvalue weighted by molar-refractivity contribution is 5.76. The maximum absolute atomic E-state index is 6.72. The predicted octanol–water partition coefficient (Wildman–Crippen LogP) is 3.04. The lowest BCUT2D eigenvalue weighted by atomic mass is 9.73. The summed E-state index contributed by atoms with van der Waals surface area (Å²) in [4.78, 5) is 2.52. The van der Waals surface area contributed by atoms with E-state index < -0.39 is 0 Å². The maximum atomic E-state index is 6.72. The summed E-state index contributed by atoms with van der Waals surface area (Å²) in [6.45, 7) is 5.76. The van der Waals surface area contributed by atoms with Gasteiger partial charge in [0.25, 0.3) is 0 Å². The van der Waals surface area contributed by atoms with Crippen LogP contribution in [0.3, 0.4) is 0 Å². The molecule has 4 N–H and O–H groups in total. The minimum atomic E-state index is -0.170. The van der Waals surface area contributed by atoms with Crippen LogP contribution in [0.25, 0.3) is 5.57 Å². The zero-order valence-corrected chi connectivity index (χ0v) is 13.5. The Morgan fingerprint density at radius 3 is 2.41 bits per heavy atom. The van der Waals surface area contributed by atoms with Crippen LogP contribution >= 0.6 is 0 Å². The molecule has 0 bridgehead atoms. The van der Waals surface area contributed by atoms with Crippen LogP contribution < -0.4 is 11.5 Å². The van der Waals surface area contributed by atoms with E-state index in [-0.39, 0.29) is 5.54 Å². The molecule has 1 aliphatic carbocycles. The number of anilines is 1. The van der Waals surface area contributed by atoms with Crippen molar-refractivity contribution in [3.63, 3.8) is 0 Å². The maximum Gasteiger partial charge on any atom is 0.0407 e. The van der Waals surface area contributed by atoms with Crippen molar-refractivity contribution in [2.24, 2.45) is 11.7 Å². The quantitative estimate of drug-likeness (QED) is 0.843. The normalized spacial score (nSPS) is 26.9. The zero-order chi connectivity index (χ0) is 15.6. The van der Waals surface area contributed by atoms with E-state index in [1.807, 2.05) is 12.1 Å². The summed E-state index contributed by atoms with van der Waals surface area (Å²) < 4.78 is 0. The highest BCUT2D eigenvalue weighted by Crippen LogP contribution is 2.35. The molecule has 1 aliphatic heterocycles. The fraction of sp³-hybridized carbons (Fsp3) is 0.474. The summed E-state index contributed by atoms with van der Waals surface area (Å²) in [6.07, 6.45) is 10.1. The van der Waals surface area contributed by atoms with Crippen molar-refractivity contribution in [3.05, 3.63) is 48.1 Å². The van der Waals surface area contributed by atoms with E-state index in [9.17, 15) is 0 Å². The third kappa shape index (κ3) is 3.11. The number of hydrogen-bond donors (Lipinski definition) is 2. The molecule has 118 valence electrons. The SMILES string of the molecule is CCN1CCC(C2(N)C=CC(c3ccc(N)cc3)=CC2)CC1. The highest BCUT2D eigenvalue weighted by Gasteiger charge is 2.35. The minimum absolute atomic E-state index is 0.170. The van der Waals surface area contributed by atoms with Gasteiger partial charge >= 0.3 is 0 Å². The molecule has 1 atom stereocenters. The first-order chi connectivity index (χ1) is 10.6. The van der Waals surface area contributed by atoms with E-state index in [0.29, 0.717) is 5.92 Å². The van der Waals surface area contributed by atoms with Crippen LogP contribution in [0.2, 0.25) is 0 Å². The summed E-state index contributed by atoms with van der Waals surface area (Å²) >= 11 is 0. The van der Waals surface area contributed by atoms with Gasteiger partial charge in [0, 0.05) is 11.2 Å². The van der Waals surface area contributed by atoms with Crippen molar-refractivity contribution >= 4 is 11.3 Å². The van der Waals surface area contributed by atoms with Crippen LogP contribution in [0.15, 0.2) is 42.5 Å². The molecule has 1 heterocycles. The van der Waals surface area contributed by atoms with Gasteiger partial charge in [0.2, 0.25) is 0 Å². The van der Waals surface area contributed by atoms with Gasteiger partial charge in [-0.3, -0.25) is 0 Å². The average Bonchev–Trinajstić information content (AvgIpc) is 2.56. The van der Waals surface area contributed by atoms with Crippen LogP contribution in [0.4, 0.5) is 5.69 Å². The molecule has 1 saturated heterocycles. The van der Waals surface area contributed by atoms with Crippen LogP contribution in [0, 0.1) is 5.92 Å². The predicted molar refractivity (Wildman–Crippen MR) is 94.3 cm³/mol. The van der Waals surface area contributed by atoms with Gasteiger partial charge in [-0.05, 0) is 68.1 Å². The fourth-order valence-corrected chi connectivity index (χ4v) is 3.65. The van der Waals surface area contributed by atoms with Crippen LogP contribution in [0.5, 0.6) is 0 Å². The van der Waals surface area contributed by atoms with Crippen LogP contribution in [0.1, 0.15) is 31.7 Å². The summed E-state index contributed by atoms with van der Waals surface area (Å²) in [5.74, 6) is 0.593. The third-order valence-electron chi connectivity index (χ3n) is 5.29. The number of benzene rings is 1. The van der Waals surface area contributed by atoms with Gasteiger partial charge in [-0.15, -0.1) is 0 Å². The molecule has 3 rings (SSSR count). The summed E-state index contributed by atoms with van der Waals surface area (Å²) in [5, 5.41) is 0.